The van der Waals surface area contributed by atoms with Crippen molar-refractivity contribution in [1.29, 1.82) is 0 Å². The number of anilines is 2. The molecule has 0 radical (unpaired) electrons. The predicted octanol–water partition coefficient (Wildman–Crippen LogP) is 4.12. The molecule has 0 spiro atoms. The molecule has 0 bridgehead atoms. The van der Waals surface area contributed by atoms with Crippen LogP contribution >= 0.6 is 0 Å². The van der Waals surface area contributed by atoms with Crippen LogP contribution in [-0.4, -0.2) is 37.1 Å². The monoisotopic (exact) mass is 383 g/mol. The fourth-order valence-corrected chi connectivity index (χ4v) is 3.42. The number of carbonyl (C=O) groups excluding carboxylic acids is 1. The number of ether oxygens (including phenoxy) is 1. The molecular weight excluding hydrogens is 358 g/mol. The zero-order valence-corrected chi connectivity index (χ0v) is 16.4. The molecule has 0 saturated carbocycles. The van der Waals surface area contributed by atoms with Gasteiger partial charge in [0.2, 0.25) is 0 Å². The number of nitro benzene ring substituents is 1. The highest BCUT2D eigenvalue weighted by Crippen LogP contribution is 2.31. The molecule has 0 aromatic heterocycles. The molecular formula is C21H25N3O4. The average molecular weight is 383 g/mol. The molecule has 0 atom stereocenters. The maximum absolute atomic E-state index is 13.2. The minimum Gasteiger partial charge on any atom is -0.378 e. The van der Waals surface area contributed by atoms with Gasteiger partial charge in [0.05, 0.1) is 29.4 Å². The topological polar surface area (TPSA) is 84.7 Å². The molecule has 7 nitrogen and oxygen atoms in total. The van der Waals surface area contributed by atoms with E-state index in [-0.39, 0.29) is 17.5 Å². The molecule has 1 aliphatic rings. The number of benzene rings is 2. The van der Waals surface area contributed by atoms with Crippen molar-refractivity contribution in [2.75, 3.05) is 36.5 Å². The van der Waals surface area contributed by atoms with E-state index < -0.39 is 4.92 Å². The molecule has 0 unspecified atom stereocenters. The fraction of sp³-hybridized carbons (Fsp3) is 0.381. The summed E-state index contributed by atoms with van der Waals surface area (Å²) in [5.74, 6) is -0.111. The summed E-state index contributed by atoms with van der Waals surface area (Å²) in [5.41, 5.74) is 3.64. The Balaban J connectivity index is 2.00. The lowest BCUT2D eigenvalue weighted by Gasteiger charge is -2.30. The number of para-hydroxylation sites is 1. The first-order chi connectivity index (χ1) is 13.4. The maximum Gasteiger partial charge on any atom is 0.270 e. The van der Waals surface area contributed by atoms with Gasteiger partial charge >= 0.3 is 0 Å². The van der Waals surface area contributed by atoms with Gasteiger partial charge in [-0.3, -0.25) is 14.9 Å². The van der Waals surface area contributed by atoms with E-state index in [4.69, 9.17) is 4.74 Å². The van der Waals surface area contributed by atoms with E-state index in [1.165, 1.54) is 12.1 Å². The lowest BCUT2D eigenvalue weighted by Crippen LogP contribution is -2.37. The van der Waals surface area contributed by atoms with E-state index in [2.05, 4.69) is 19.2 Å². The van der Waals surface area contributed by atoms with Crippen LogP contribution in [0.5, 0.6) is 0 Å². The van der Waals surface area contributed by atoms with Gasteiger partial charge in [-0.25, -0.2) is 0 Å². The third kappa shape index (κ3) is 4.14. The first-order valence-corrected chi connectivity index (χ1v) is 9.40. The lowest BCUT2D eigenvalue weighted by atomic mass is 9.98. The first-order valence-electron chi connectivity index (χ1n) is 9.40. The molecule has 1 amide bonds. The highest BCUT2D eigenvalue weighted by molar-refractivity contribution is 6.09. The number of carbonyl (C=O) groups is 1. The second-order valence-electron chi connectivity index (χ2n) is 7.21. The van der Waals surface area contributed by atoms with Crippen LogP contribution < -0.4 is 10.2 Å². The third-order valence-corrected chi connectivity index (χ3v) is 4.95. The number of hydrogen-bond acceptors (Lipinski definition) is 5. The molecule has 1 heterocycles. The summed E-state index contributed by atoms with van der Waals surface area (Å²) in [6.45, 7) is 8.48. The quantitative estimate of drug-likeness (QED) is 0.620. The van der Waals surface area contributed by atoms with E-state index >= 15 is 0 Å². The highest BCUT2D eigenvalue weighted by Gasteiger charge is 2.23. The Hall–Kier alpha value is -2.93. The molecule has 2 aromatic carbocycles. The highest BCUT2D eigenvalue weighted by atomic mass is 16.6. The molecule has 2 aromatic rings. The van der Waals surface area contributed by atoms with Crippen LogP contribution in [0.15, 0.2) is 36.4 Å². The summed E-state index contributed by atoms with van der Waals surface area (Å²) < 4.78 is 5.39. The van der Waals surface area contributed by atoms with Crippen molar-refractivity contribution in [1.82, 2.24) is 0 Å². The fourth-order valence-electron chi connectivity index (χ4n) is 3.42. The molecule has 7 heteroatoms. The number of non-ortho nitro benzene ring substituents is 1. The Morgan fingerprint density at radius 2 is 1.93 bits per heavy atom. The van der Waals surface area contributed by atoms with Gasteiger partial charge in [0.1, 0.15) is 0 Å². The van der Waals surface area contributed by atoms with Crippen LogP contribution in [0.3, 0.4) is 0 Å². The number of hydrogen-bond donors (Lipinski definition) is 1. The summed E-state index contributed by atoms with van der Waals surface area (Å²) in [6.07, 6.45) is 0. The Labute approximate surface area is 164 Å². The lowest BCUT2D eigenvalue weighted by molar-refractivity contribution is -0.384. The van der Waals surface area contributed by atoms with Crippen molar-refractivity contribution in [3.05, 3.63) is 63.2 Å². The van der Waals surface area contributed by atoms with Crippen molar-refractivity contribution in [3.63, 3.8) is 0 Å². The van der Waals surface area contributed by atoms with Crippen LogP contribution in [0, 0.1) is 17.0 Å². The largest absolute Gasteiger partial charge is 0.378 e. The van der Waals surface area contributed by atoms with Crippen LogP contribution in [-0.2, 0) is 4.74 Å². The van der Waals surface area contributed by atoms with E-state index in [9.17, 15) is 14.9 Å². The Morgan fingerprint density at radius 1 is 1.21 bits per heavy atom. The Kier molecular flexibility index (Phi) is 5.94. The van der Waals surface area contributed by atoms with Crippen molar-refractivity contribution in [3.8, 4) is 0 Å². The van der Waals surface area contributed by atoms with Gasteiger partial charge in [0.25, 0.3) is 11.6 Å². The smallest absolute Gasteiger partial charge is 0.270 e. The molecule has 3 rings (SSSR count). The SMILES string of the molecule is Cc1cccc(C(C)C)c1NC(=O)c1cc([N+](=O)[O-])ccc1N1CCOCC1. The number of nitro groups is 1. The number of aryl methyl sites for hydroxylation is 1. The second kappa shape index (κ2) is 8.39. The summed E-state index contributed by atoms with van der Waals surface area (Å²) in [5, 5.41) is 14.3. The van der Waals surface area contributed by atoms with Crippen LogP contribution in [0.2, 0.25) is 0 Å². The number of amides is 1. The van der Waals surface area contributed by atoms with Gasteiger partial charge < -0.3 is 15.0 Å². The summed E-state index contributed by atoms with van der Waals surface area (Å²) >= 11 is 0. The second-order valence-corrected chi connectivity index (χ2v) is 7.21. The standard InChI is InChI=1S/C21H25N3O4/c1-14(2)17-6-4-5-15(3)20(17)22-21(25)18-13-16(24(26)27)7-8-19(18)23-9-11-28-12-10-23/h4-8,13-14H,9-12H2,1-3H3,(H,22,25). The zero-order valence-electron chi connectivity index (χ0n) is 16.4. The van der Waals surface area contributed by atoms with Gasteiger partial charge in [0, 0.05) is 30.9 Å². The van der Waals surface area contributed by atoms with Gasteiger partial charge in [-0.1, -0.05) is 32.0 Å². The summed E-state index contributed by atoms with van der Waals surface area (Å²) in [6, 6.07) is 10.3. The van der Waals surface area contributed by atoms with Crippen molar-refractivity contribution in [2.24, 2.45) is 0 Å². The van der Waals surface area contributed by atoms with E-state index in [0.717, 1.165) is 16.8 Å². The third-order valence-electron chi connectivity index (χ3n) is 4.95. The molecule has 1 saturated heterocycles. The Bertz CT molecular complexity index is 889. The van der Waals surface area contributed by atoms with E-state index in [1.807, 2.05) is 30.0 Å². The van der Waals surface area contributed by atoms with Gasteiger partial charge in [0.15, 0.2) is 0 Å². The zero-order chi connectivity index (χ0) is 20.3. The van der Waals surface area contributed by atoms with Crippen molar-refractivity contribution in [2.45, 2.75) is 26.7 Å². The number of nitrogens with zero attached hydrogens (tertiary/aromatic N) is 2. The number of morpholine rings is 1. The van der Waals surface area contributed by atoms with Gasteiger partial charge in [-0.2, -0.15) is 0 Å². The molecule has 1 N–H and O–H groups in total. The van der Waals surface area contributed by atoms with E-state index in [1.54, 1.807) is 6.07 Å². The Morgan fingerprint density at radius 3 is 2.57 bits per heavy atom. The minimum absolute atomic E-state index is 0.101. The molecule has 0 aliphatic carbocycles. The van der Waals surface area contributed by atoms with Crippen LogP contribution in [0.1, 0.15) is 41.3 Å². The average Bonchev–Trinajstić information content (AvgIpc) is 2.69. The molecule has 1 aliphatic heterocycles. The molecule has 148 valence electrons. The van der Waals surface area contributed by atoms with E-state index in [0.29, 0.717) is 37.6 Å². The predicted molar refractivity (Wildman–Crippen MR) is 109 cm³/mol. The van der Waals surface area contributed by atoms with Gasteiger partial charge in [-0.05, 0) is 30.0 Å². The van der Waals surface area contributed by atoms with Gasteiger partial charge in [-0.15, -0.1) is 0 Å². The minimum atomic E-state index is -0.479. The van der Waals surface area contributed by atoms with Crippen molar-refractivity contribution >= 4 is 23.0 Å². The van der Waals surface area contributed by atoms with Crippen LogP contribution in [0.4, 0.5) is 17.1 Å². The summed E-state index contributed by atoms with van der Waals surface area (Å²) in [4.78, 5) is 26.0. The maximum atomic E-state index is 13.2. The number of rotatable bonds is 5. The van der Waals surface area contributed by atoms with Crippen molar-refractivity contribution < 1.29 is 14.5 Å². The number of nitrogens with one attached hydrogen (secondary N) is 1. The van der Waals surface area contributed by atoms with Crippen LogP contribution in [0.25, 0.3) is 0 Å². The normalized spacial score (nSPS) is 14.2. The summed E-state index contributed by atoms with van der Waals surface area (Å²) in [7, 11) is 0. The molecule has 1 fully saturated rings. The first kappa shape index (κ1) is 19.8. The molecule has 28 heavy (non-hydrogen) atoms.